The van der Waals surface area contributed by atoms with Gasteiger partial charge in [-0.2, -0.15) is 0 Å². The molecule has 0 aromatic heterocycles. The molecular formula is C10H18O4. The van der Waals surface area contributed by atoms with Crippen LogP contribution in [0.15, 0.2) is 0 Å². The average Bonchev–Trinajstić information content (AvgIpc) is 2.47. The van der Waals surface area contributed by atoms with Crippen LogP contribution in [0.5, 0.6) is 0 Å². The van der Waals surface area contributed by atoms with E-state index in [0.29, 0.717) is 13.2 Å². The number of rotatable bonds is 4. The van der Waals surface area contributed by atoms with Crippen LogP contribution in [0, 0.1) is 0 Å². The van der Waals surface area contributed by atoms with E-state index in [-0.39, 0.29) is 18.5 Å². The molecule has 1 heterocycles. The second-order valence-electron chi connectivity index (χ2n) is 3.57. The molecule has 0 aliphatic carbocycles. The summed E-state index contributed by atoms with van der Waals surface area (Å²) in [6, 6.07) is 0. The molecule has 0 amide bonds. The number of carbonyl (C=O) groups is 1. The quantitative estimate of drug-likeness (QED) is 0.648. The van der Waals surface area contributed by atoms with Crippen molar-refractivity contribution >= 4 is 5.97 Å². The Bertz CT molecular complexity index is 204. The maximum atomic E-state index is 11.2. The Morgan fingerprint density at radius 1 is 1.57 bits per heavy atom. The lowest BCUT2D eigenvalue weighted by atomic mass is 10.2. The Balaban J connectivity index is 2.40. The van der Waals surface area contributed by atoms with Gasteiger partial charge in [-0.05, 0) is 20.3 Å². The lowest BCUT2D eigenvalue weighted by Crippen LogP contribution is -2.30. The smallest absolute Gasteiger partial charge is 0.311 e. The number of hydrogen-bond donors (Lipinski definition) is 0. The van der Waals surface area contributed by atoms with Crippen LogP contribution in [-0.2, 0) is 19.0 Å². The molecule has 4 heteroatoms. The summed E-state index contributed by atoms with van der Waals surface area (Å²) in [5.74, 6) is -1.06. The normalized spacial score (nSPS) is 31.8. The molecule has 14 heavy (non-hydrogen) atoms. The fourth-order valence-electron chi connectivity index (χ4n) is 1.46. The molecule has 82 valence electrons. The van der Waals surface area contributed by atoms with E-state index in [1.54, 1.807) is 13.8 Å². The Labute approximate surface area is 84.5 Å². The largest absolute Gasteiger partial charge is 0.466 e. The summed E-state index contributed by atoms with van der Waals surface area (Å²) in [4.78, 5) is 11.2. The van der Waals surface area contributed by atoms with Crippen molar-refractivity contribution in [2.45, 2.75) is 45.5 Å². The summed E-state index contributed by atoms with van der Waals surface area (Å²) in [6.45, 7) is 6.55. The van der Waals surface area contributed by atoms with Crippen molar-refractivity contribution in [3.05, 3.63) is 0 Å². The predicted molar refractivity (Wildman–Crippen MR) is 50.8 cm³/mol. The zero-order valence-electron chi connectivity index (χ0n) is 9.04. The lowest BCUT2D eigenvalue weighted by Gasteiger charge is -2.21. The highest BCUT2D eigenvalue weighted by atomic mass is 16.7. The number of carbonyl (C=O) groups excluding carboxylic acids is 1. The van der Waals surface area contributed by atoms with Crippen molar-refractivity contribution in [2.24, 2.45) is 0 Å². The second kappa shape index (κ2) is 4.75. The zero-order valence-corrected chi connectivity index (χ0v) is 9.04. The summed E-state index contributed by atoms with van der Waals surface area (Å²) in [7, 11) is 0. The van der Waals surface area contributed by atoms with Gasteiger partial charge in [0, 0.05) is 0 Å². The fraction of sp³-hybridized carbons (Fsp3) is 0.900. The van der Waals surface area contributed by atoms with Crippen LogP contribution in [0.25, 0.3) is 0 Å². The summed E-state index contributed by atoms with van der Waals surface area (Å²) in [5, 5.41) is 0. The van der Waals surface area contributed by atoms with Gasteiger partial charge in [0.15, 0.2) is 5.79 Å². The fourth-order valence-corrected chi connectivity index (χ4v) is 1.46. The molecule has 1 rings (SSSR count). The molecule has 1 saturated heterocycles. The Morgan fingerprint density at radius 2 is 2.29 bits per heavy atom. The molecule has 4 nitrogen and oxygen atoms in total. The topological polar surface area (TPSA) is 44.8 Å². The van der Waals surface area contributed by atoms with Gasteiger partial charge in [-0.15, -0.1) is 0 Å². The maximum Gasteiger partial charge on any atom is 0.311 e. The van der Waals surface area contributed by atoms with E-state index in [0.717, 1.165) is 6.42 Å². The lowest BCUT2D eigenvalue weighted by molar-refractivity contribution is -0.179. The molecule has 1 aliphatic heterocycles. The second-order valence-corrected chi connectivity index (χ2v) is 3.57. The van der Waals surface area contributed by atoms with Crippen LogP contribution in [0.3, 0.4) is 0 Å². The Morgan fingerprint density at radius 3 is 2.79 bits per heavy atom. The van der Waals surface area contributed by atoms with Crippen molar-refractivity contribution in [3.8, 4) is 0 Å². The summed E-state index contributed by atoms with van der Waals surface area (Å²) < 4.78 is 15.9. The van der Waals surface area contributed by atoms with Gasteiger partial charge < -0.3 is 14.2 Å². The Hall–Kier alpha value is -0.610. The van der Waals surface area contributed by atoms with Gasteiger partial charge >= 0.3 is 5.97 Å². The molecular weight excluding hydrogens is 184 g/mol. The van der Waals surface area contributed by atoms with E-state index in [1.807, 2.05) is 6.92 Å². The standard InChI is InChI=1S/C10H18O4/c1-4-8-7-13-10(3,14-8)6-9(11)12-5-2/h8H,4-7H2,1-3H3. The molecule has 0 aromatic rings. The first kappa shape index (κ1) is 11.5. The highest BCUT2D eigenvalue weighted by Gasteiger charge is 2.38. The van der Waals surface area contributed by atoms with Gasteiger partial charge in [0.05, 0.1) is 25.7 Å². The van der Waals surface area contributed by atoms with Crippen molar-refractivity contribution in [2.75, 3.05) is 13.2 Å². The van der Waals surface area contributed by atoms with Gasteiger partial charge in [0.2, 0.25) is 0 Å². The molecule has 1 fully saturated rings. The number of esters is 1. The van der Waals surface area contributed by atoms with E-state index in [1.165, 1.54) is 0 Å². The minimum absolute atomic E-state index is 0.106. The van der Waals surface area contributed by atoms with Crippen molar-refractivity contribution < 1.29 is 19.0 Å². The highest BCUT2D eigenvalue weighted by Crippen LogP contribution is 2.28. The first-order valence-electron chi connectivity index (χ1n) is 5.07. The first-order chi connectivity index (χ1) is 6.59. The van der Waals surface area contributed by atoms with Gasteiger partial charge in [-0.25, -0.2) is 0 Å². The van der Waals surface area contributed by atoms with Crippen LogP contribution >= 0.6 is 0 Å². The van der Waals surface area contributed by atoms with Gasteiger partial charge in [-0.3, -0.25) is 4.79 Å². The molecule has 0 spiro atoms. The van der Waals surface area contributed by atoms with E-state index in [4.69, 9.17) is 14.2 Å². The van der Waals surface area contributed by atoms with Crippen LogP contribution in [-0.4, -0.2) is 31.1 Å². The SMILES string of the molecule is CCOC(=O)CC1(C)OCC(CC)O1. The van der Waals surface area contributed by atoms with Crippen molar-refractivity contribution in [1.29, 1.82) is 0 Å². The van der Waals surface area contributed by atoms with Crippen LogP contribution in [0.2, 0.25) is 0 Å². The zero-order chi connectivity index (χ0) is 10.6. The monoisotopic (exact) mass is 202 g/mol. The molecule has 2 atom stereocenters. The van der Waals surface area contributed by atoms with Crippen molar-refractivity contribution in [3.63, 3.8) is 0 Å². The van der Waals surface area contributed by atoms with Gasteiger partial charge in [0.1, 0.15) is 0 Å². The molecule has 0 bridgehead atoms. The Kier molecular flexibility index (Phi) is 3.89. The number of ether oxygens (including phenoxy) is 3. The summed E-state index contributed by atoms with van der Waals surface area (Å²) in [5.41, 5.74) is 0. The molecule has 0 N–H and O–H groups in total. The van der Waals surface area contributed by atoms with Crippen LogP contribution in [0.4, 0.5) is 0 Å². The van der Waals surface area contributed by atoms with E-state index < -0.39 is 5.79 Å². The third kappa shape index (κ3) is 2.96. The van der Waals surface area contributed by atoms with Crippen LogP contribution < -0.4 is 0 Å². The number of hydrogen-bond acceptors (Lipinski definition) is 4. The summed E-state index contributed by atoms with van der Waals surface area (Å²) >= 11 is 0. The molecule has 0 saturated carbocycles. The van der Waals surface area contributed by atoms with E-state index >= 15 is 0 Å². The van der Waals surface area contributed by atoms with Crippen molar-refractivity contribution in [1.82, 2.24) is 0 Å². The summed E-state index contributed by atoms with van der Waals surface area (Å²) in [6.07, 6.45) is 1.17. The predicted octanol–water partition coefficient (Wildman–Crippen LogP) is 1.48. The van der Waals surface area contributed by atoms with E-state index in [2.05, 4.69) is 0 Å². The first-order valence-corrected chi connectivity index (χ1v) is 5.07. The average molecular weight is 202 g/mol. The van der Waals surface area contributed by atoms with Gasteiger partial charge in [0.25, 0.3) is 0 Å². The van der Waals surface area contributed by atoms with E-state index in [9.17, 15) is 4.79 Å². The minimum atomic E-state index is -0.785. The molecule has 2 unspecified atom stereocenters. The minimum Gasteiger partial charge on any atom is -0.466 e. The molecule has 0 radical (unpaired) electrons. The highest BCUT2D eigenvalue weighted by molar-refractivity contribution is 5.70. The van der Waals surface area contributed by atoms with Gasteiger partial charge in [-0.1, -0.05) is 6.92 Å². The molecule has 0 aromatic carbocycles. The third-order valence-corrected chi connectivity index (χ3v) is 2.22. The molecule has 1 aliphatic rings. The third-order valence-electron chi connectivity index (χ3n) is 2.22. The van der Waals surface area contributed by atoms with Crippen LogP contribution in [0.1, 0.15) is 33.6 Å². The maximum absolute atomic E-state index is 11.2.